The summed E-state index contributed by atoms with van der Waals surface area (Å²) in [6, 6.07) is 4.64. The Morgan fingerprint density at radius 2 is 1.20 bits per heavy atom. The quantitative estimate of drug-likeness (QED) is 0.488. The van der Waals surface area contributed by atoms with Crippen LogP contribution in [0.25, 0.3) is 0 Å². The fraction of sp³-hybridized carbons (Fsp3) is 0.882. The minimum Gasteiger partial charge on any atom is -0.274 e. The van der Waals surface area contributed by atoms with Crippen molar-refractivity contribution in [3.8, 4) is 12.1 Å². The third-order valence-electron chi connectivity index (χ3n) is 3.87. The zero-order valence-corrected chi connectivity index (χ0v) is 13.6. The minimum atomic E-state index is -0.905. The molecule has 0 radical (unpaired) electrons. The molecule has 3 nitrogen and oxygen atoms in total. The van der Waals surface area contributed by atoms with Crippen LogP contribution in [0.1, 0.15) is 78.6 Å². The maximum Gasteiger partial charge on any atom is 0.196 e. The van der Waals surface area contributed by atoms with Crippen molar-refractivity contribution in [1.29, 1.82) is 10.5 Å². The highest BCUT2D eigenvalue weighted by Gasteiger charge is 2.36. The lowest BCUT2D eigenvalue weighted by Gasteiger charge is -2.33. The molecule has 0 aliphatic heterocycles. The number of nitriles is 2. The van der Waals surface area contributed by atoms with Crippen molar-refractivity contribution < 1.29 is 0 Å². The molecule has 0 N–H and O–H groups in total. The predicted octanol–water partition coefficient (Wildman–Crippen LogP) is 4.64. The van der Waals surface area contributed by atoms with Crippen LogP contribution >= 0.6 is 0 Å². The van der Waals surface area contributed by atoms with E-state index in [2.05, 4.69) is 37.8 Å². The van der Waals surface area contributed by atoms with Crippen LogP contribution in [0.5, 0.6) is 0 Å². The second-order valence-corrected chi connectivity index (χ2v) is 5.59. The SMILES string of the molecule is CCCCCN(CCCCC)C(C#N)(C#N)CCCC. The number of rotatable bonds is 12. The molecule has 0 aliphatic rings. The smallest absolute Gasteiger partial charge is 0.196 e. The van der Waals surface area contributed by atoms with Crippen LogP contribution in [0.2, 0.25) is 0 Å². The van der Waals surface area contributed by atoms with Gasteiger partial charge in [-0.15, -0.1) is 0 Å². The molecular weight excluding hydrogens is 246 g/mol. The lowest BCUT2D eigenvalue weighted by Crippen LogP contribution is -2.47. The van der Waals surface area contributed by atoms with Crippen molar-refractivity contribution >= 4 is 0 Å². The van der Waals surface area contributed by atoms with Gasteiger partial charge in [-0.3, -0.25) is 4.90 Å². The number of hydrogen-bond acceptors (Lipinski definition) is 3. The summed E-state index contributed by atoms with van der Waals surface area (Å²) in [7, 11) is 0. The van der Waals surface area contributed by atoms with Crippen molar-refractivity contribution in [3.05, 3.63) is 0 Å². The van der Waals surface area contributed by atoms with E-state index in [0.29, 0.717) is 6.42 Å². The van der Waals surface area contributed by atoms with Crippen LogP contribution in [-0.4, -0.2) is 23.5 Å². The summed E-state index contributed by atoms with van der Waals surface area (Å²) in [5, 5.41) is 19.1. The van der Waals surface area contributed by atoms with E-state index in [1.165, 1.54) is 25.7 Å². The molecule has 20 heavy (non-hydrogen) atoms. The lowest BCUT2D eigenvalue weighted by molar-refractivity contribution is 0.163. The Morgan fingerprint density at radius 3 is 1.55 bits per heavy atom. The van der Waals surface area contributed by atoms with Crippen LogP contribution in [0.4, 0.5) is 0 Å². The third-order valence-corrected chi connectivity index (χ3v) is 3.87. The van der Waals surface area contributed by atoms with E-state index in [0.717, 1.165) is 38.8 Å². The molecule has 0 heterocycles. The Kier molecular flexibility index (Phi) is 11.1. The fourth-order valence-corrected chi connectivity index (χ4v) is 2.47. The van der Waals surface area contributed by atoms with Gasteiger partial charge in [0.15, 0.2) is 5.54 Å². The monoisotopic (exact) mass is 277 g/mol. The van der Waals surface area contributed by atoms with Gasteiger partial charge in [-0.05, 0) is 25.7 Å². The molecule has 0 bridgehead atoms. The minimum absolute atomic E-state index is 0.675. The van der Waals surface area contributed by atoms with Crippen LogP contribution < -0.4 is 0 Å². The largest absolute Gasteiger partial charge is 0.274 e. The topological polar surface area (TPSA) is 50.8 Å². The van der Waals surface area contributed by atoms with Crippen molar-refractivity contribution in [1.82, 2.24) is 4.90 Å². The molecule has 0 rings (SSSR count). The van der Waals surface area contributed by atoms with Gasteiger partial charge in [0.1, 0.15) is 12.1 Å². The average molecular weight is 277 g/mol. The van der Waals surface area contributed by atoms with Crippen molar-refractivity contribution in [2.24, 2.45) is 0 Å². The van der Waals surface area contributed by atoms with Crippen LogP contribution in [0, 0.1) is 22.7 Å². The maximum atomic E-state index is 9.57. The number of nitrogens with zero attached hydrogens (tertiary/aromatic N) is 3. The van der Waals surface area contributed by atoms with E-state index in [1.54, 1.807) is 0 Å². The van der Waals surface area contributed by atoms with Gasteiger partial charge in [-0.2, -0.15) is 10.5 Å². The Hall–Kier alpha value is -1.06. The Morgan fingerprint density at radius 1 is 0.750 bits per heavy atom. The summed E-state index contributed by atoms with van der Waals surface area (Å²) in [6.45, 7) is 8.23. The van der Waals surface area contributed by atoms with Gasteiger partial charge >= 0.3 is 0 Å². The summed E-state index contributed by atoms with van der Waals surface area (Å²) in [4.78, 5) is 2.15. The Labute approximate surface area is 125 Å². The standard InChI is InChI=1S/C17H31N3/c1-4-7-10-13-20(14-11-8-5-2)17(15-18,16-19)12-9-6-3/h4-14H2,1-3H3. The van der Waals surface area contributed by atoms with Crippen molar-refractivity contribution in [2.45, 2.75) is 84.1 Å². The number of unbranched alkanes of at least 4 members (excludes halogenated alkanes) is 5. The van der Waals surface area contributed by atoms with E-state index < -0.39 is 5.54 Å². The molecule has 0 aliphatic carbocycles. The molecule has 0 unspecified atom stereocenters. The molecule has 114 valence electrons. The summed E-state index contributed by atoms with van der Waals surface area (Å²) in [5.41, 5.74) is -0.905. The maximum absolute atomic E-state index is 9.57. The fourth-order valence-electron chi connectivity index (χ4n) is 2.47. The molecule has 0 aromatic rings. The van der Waals surface area contributed by atoms with E-state index >= 15 is 0 Å². The molecule has 0 saturated carbocycles. The molecule has 0 aromatic carbocycles. The van der Waals surface area contributed by atoms with Crippen LogP contribution in [0.3, 0.4) is 0 Å². The highest BCUT2D eigenvalue weighted by molar-refractivity contribution is 5.22. The van der Waals surface area contributed by atoms with E-state index in [1.807, 2.05) is 0 Å². The van der Waals surface area contributed by atoms with Gasteiger partial charge < -0.3 is 0 Å². The summed E-state index contributed by atoms with van der Waals surface area (Å²) >= 11 is 0. The molecule has 0 atom stereocenters. The molecule has 0 saturated heterocycles. The summed E-state index contributed by atoms with van der Waals surface area (Å²) in [5.74, 6) is 0. The van der Waals surface area contributed by atoms with Gasteiger partial charge in [-0.1, -0.05) is 52.9 Å². The predicted molar refractivity (Wildman–Crippen MR) is 84.1 cm³/mol. The first-order chi connectivity index (χ1) is 9.70. The zero-order chi connectivity index (χ0) is 15.3. The van der Waals surface area contributed by atoms with Crippen LogP contribution in [-0.2, 0) is 0 Å². The first-order valence-corrected chi connectivity index (χ1v) is 8.28. The Bertz CT molecular complexity index is 287. The third kappa shape index (κ3) is 6.40. The average Bonchev–Trinajstić information content (AvgIpc) is 2.48. The van der Waals surface area contributed by atoms with Crippen molar-refractivity contribution in [3.63, 3.8) is 0 Å². The molecule has 0 fully saturated rings. The second-order valence-electron chi connectivity index (χ2n) is 5.59. The van der Waals surface area contributed by atoms with Gasteiger partial charge in [0.25, 0.3) is 0 Å². The molecular formula is C17H31N3. The molecule has 0 spiro atoms. The highest BCUT2D eigenvalue weighted by Crippen LogP contribution is 2.23. The summed E-state index contributed by atoms with van der Waals surface area (Å²) in [6.07, 6.45) is 9.50. The Balaban J connectivity index is 4.80. The van der Waals surface area contributed by atoms with E-state index in [4.69, 9.17) is 0 Å². The lowest BCUT2D eigenvalue weighted by atomic mass is 9.92. The second kappa shape index (κ2) is 11.7. The van der Waals surface area contributed by atoms with Crippen molar-refractivity contribution in [2.75, 3.05) is 13.1 Å². The summed E-state index contributed by atoms with van der Waals surface area (Å²) < 4.78 is 0. The normalized spacial score (nSPS) is 11.3. The molecule has 0 aromatic heterocycles. The van der Waals surface area contributed by atoms with E-state index in [9.17, 15) is 10.5 Å². The van der Waals surface area contributed by atoms with Gasteiger partial charge in [0, 0.05) is 13.1 Å². The zero-order valence-electron chi connectivity index (χ0n) is 13.6. The van der Waals surface area contributed by atoms with Gasteiger partial charge in [0.2, 0.25) is 0 Å². The first kappa shape index (κ1) is 18.9. The molecule has 3 heteroatoms. The van der Waals surface area contributed by atoms with E-state index in [-0.39, 0.29) is 0 Å². The van der Waals surface area contributed by atoms with Gasteiger partial charge in [0.05, 0.1) is 0 Å². The number of hydrogen-bond donors (Lipinski definition) is 0. The van der Waals surface area contributed by atoms with Gasteiger partial charge in [-0.25, -0.2) is 0 Å². The molecule has 0 amide bonds. The highest BCUT2D eigenvalue weighted by atomic mass is 15.2. The first-order valence-electron chi connectivity index (χ1n) is 8.28. The van der Waals surface area contributed by atoms with Crippen LogP contribution in [0.15, 0.2) is 0 Å².